The molecule has 1 aliphatic rings. The third-order valence-corrected chi connectivity index (χ3v) is 4.93. The highest BCUT2D eigenvalue weighted by atomic mass is 19.2. The summed E-state index contributed by atoms with van der Waals surface area (Å²) in [5.41, 5.74) is 0.923. The second-order valence-electron chi connectivity index (χ2n) is 6.50. The smallest absolute Gasteiger partial charge is 0.159 e. The summed E-state index contributed by atoms with van der Waals surface area (Å²) < 4.78 is 26.2. The average Bonchev–Trinajstić information content (AvgIpc) is 2.44. The van der Waals surface area contributed by atoms with Crippen LogP contribution in [0.4, 0.5) is 8.78 Å². The molecular formula is C18H26F2. The molecule has 1 aromatic carbocycles. The third-order valence-electron chi connectivity index (χ3n) is 4.93. The van der Waals surface area contributed by atoms with Gasteiger partial charge in [0.25, 0.3) is 0 Å². The van der Waals surface area contributed by atoms with Gasteiger partial charge in [-0.15, -0.1) is 0 Å². The Bertz CT molecular complexity index is 419. The first-order valence-corrected chi connectivity index (χ1v) is 8.04. The number of hydrogen-bond donors (Lipinski definition) is 0. The molecule has 0 heterocycles. The number of halogens is 2. The summed E-state index contributed by atoms with van der Waals surface area (Å²) in [5, 5.41) is 0. The first kappa shape index (κ1) is 15.5. The van der Waals surface area contributed by atoms with Crippen LogP contribution in [0.5, 0.6) is 0 Å². The van der Waals surface area contributed by atoms with Crippen LogP contribution in [-0.2, 0) is 6.42 Å². The molecule has 1 aromatic rings. The van der Waals surface area contributed by atoms with E-state index in [9.17, 15) is 8.78 Å². The van der Waals surface area contributed by atoms with Gasteiger partial charge in [0.2, 0.25) is 0 Å². The van der Waals surface area contributed by atoms with Crippen LogP contribution in [0, 0.1) is 29.4 Å². The predicted molar refractivity (Wildman–Crippen MR) is 79.6 cm³/mol. The molecule has 112 valence electrons. The summed E-state index contributed by atoms with van der Waals surface area (Å²) in [6, 6.07) is 4.32. The number of rotatable bonds is 5. The Labute approximate surface area is 121 Å². The quantitative estimate of drug-likeness (QED) is 0.644. The van der Waals surface area contributed by atoms with Crippen molar-refractivity contribution in [3.63, 3.8) is 0 Å². The highest BCUT2D eigenvalue weighted by Crippen LogP contribution is 2.36. The maximum Gasteiger partial charge on any atom is 0.159 e. The Morgan fingerprint density at radius 1 is 1.10 bits per heavy atom. The lowest BCUT2D eigenvalue weighted by molar-refractivity contribution is 0.206. The molecule has 20 heavy (non-hydrogen) atoms. The molecule has 2 rings (SSSR count). The lowest BCUT2D eigenvalue weighted by Gasteiger charge is -2.32. The second kappa shape index (κ2) is 7.19. The topological polar surface area (TPSA) is 0 Å². The summed E-state index contributed by atoms with van der Waals surface area (Å²) in [6.45, 7) is 4.52. The molecule has 0 saturated heterocycles. The molecule has 1 fully saturated rings. The van der Waals surface area contributed by atoms with Crippen LogP contribution in [0.3, 0.4) is 0 Å². The Morgan fingerprint density at radius 3 is 2.40 bits per heavy atom. The van der Waals surface area contributed by atoms with E-state index in [1.54, 1.807) is 6.07 Å². The highest BCUT2D eigenvalue weighted by Gasteiger charge is 2.25. The predicted octanol–water partition coefficient (Wildman–Crippen LogP) is 5.75. The van der Waals surface area contributed by atoms with Gasteiger partial charge in [-0.2, -0.15) is 0 Å². The van der Waals surface area contributed by atoms with Crippen molar-refractivity contribution in [1.82, 2.24) is 0 Å². The normalized spacial score (nSPS) is 24.6. The standard InChI is InChI=1S/C18H26F2/c1-3-4-14-5-8-16(9-6-14)13(2)11-15-7-10-17(19)18(20)12-15/h7,10,12-14,16H,3-6,8-9,11H2,1-2H3. The van der Waals surface area contributed by atoms with Gasteiger partial charge in [-0.05, 0) is 54.7 Å². The zero-order valence-corrected chi connectivity index (χ0v) is 12.7. The highest BCUT2D eigenvalue weighted by molar-refractivity contribution is 5.18. The Morgan fingerprint density at radius 2 is 1.80 bits per heavy atom. The monoisotopic (exact) mass is 280 g/mol. The zero-order chi connectivity index (χ0) is 14.5. The lowest BCUT2D eigenvalue weighted by Crippen LogP contribution is -2.21. The number of hydrogen-bond acceptors (Lipinski definition) is 0. The van der Waals surface area contributed by atoms with Crippen LogP contribution >= 0.6 is 0 Å². The van der Waals surface area contributed by atoms with E-state index in [2.05, 4.69) is 13.8 Å². The van der Waals surface area contributed by atoms with Crippen molar-refractivity contribution >= 4 is 0 Å². The first-order chi connectivity index (χ1) is 9.60. The van der Waals surface area contributed by atoms with Gasteiger partial charge in [-0.25, -0.2) is 8.78 Å². The molecule has 1 aliphatic carbocycles. The van der Waals surface area contributed by atoms with Crippen molar-refractivity contribution in [3.05, 3.63) is 35.4 Å². The lowest BCUT2D eigenvalue weighted by atomic mass is 9.74. The van der Waals surface area contributed by atoms with E-state index in [4.69, 9.17) is 0 Å². The van der Waals surface area contributed by atoms with Crippen molar-refractivity contribution in [2.75, 3.05) is 0 Å². The van der Waals surface area contributed by atoms with Gasteiger partial charge in [-0.3, -0.25) is 0 Å². The Hall–Kier alpha value is -0.920. The Kier molecular flexibility index (Phi) is 5.56. The Balaban J connectivity index is 1.86. The van der Waals surface area contributed by atoms with Crippen LogP contribution in [0.15, 0.2) is 18.2 Å². The van der Waals surface area contributed by atoms with Gasteiger partial charge < -0.3 is 0 Å². The first-order valence-electron chi connectivity index (χ1n) is 8.04. The van der Waals surface area contributed by atoms with Crippen LogP contribution in [0.25, 0.3) is 0 Å². The molecular weight excluding hydrogens is 254 g/mol. The van der Waals surface area contributed by atoms with E-state index < -0.39 is 11.6 Å². The summed E-state index contributed by atoms with van der Waals surface area (Å²) in [4.78, 5) is 0. The molecule has 1 atom stereocenters. The van der Waals surface area contributed by atoms with Crippen molar-refractivity contribution in [2.24, 2.45) is 17.8 Å². The molecule has 1 saturated carbocycles. The van der Waals surface area contributed by atoms with Crippen molar-refractivity contribution in [2.45, 2.75) is 58.8 Å². The van der Waals surface area contributed by atoms with E-state index in [0.29, 0.717) is 5.92 Å². The van der Waals surface area contributed by atoms with Crippen LogP contribution in [0.1, 0.15) is 57.9 Å². The van der Waals surface area contributed by atoms with Crippen LogP contribution in [-0.4, -0.2) is 0 Å². The molecule has 0 N–H and O–H groups in total. The molecule has 0 nitrogen and oxygen atoms in total. The van der Waals surface area contributed by atoms with E-state index in [-0.39, 0.29) is 0 Å². The van der Waals surface area contributed by atoms with Gasteiger partial charge in [0.15, 0.2) is 11.6 Å². The van der Waals surface area contributed by atoms with Crippen LogP contribution < -0.4 is 0 Å². The van der Waals surface area contributed by atoms with E-state index in [1.807, 2.05) is 0 Å². The molecule has 0 amide bonds. The van der Waals surface area contributed by atoms with Crippen molar-refractivity contribution in [1.29, 1.82) is 0 Å². The summed E-state index contributed by atoms with van der Waals surface area (Å²) >= 11 is 0. The molecule has 0 aromatic heterocycles. The molecule has 1 unspecified atom stereocenters. The largest absolute Gasteiger partial charge is 0.204 e. The molecule has 2 heteroatoms. The van der Waals surface area contributed by atoms with Gasteiger partial charge in [-0.1, -0.05) is 45.6 Å². The maximum atomic E-state index is 13.2. The van der Waals surface area contributed by atoms with Crippen molar-refractivity contribution < 1.29 is 8.78 Å². The number of benzene rings is 1. The fraction of sp³-hybridized carbons (Fsp3) is 0.667. The zero-order valence-electron chi connectivity index (χ0n) is 12.7. The summed E-state index contributed by atoms with van der Waals surface area (Å²) in [6.07, 6.45) is 8.82. The fourth-order valence-electron chi connectivity index (χ4n) is 3.66. The minimum Gasteiger partial charge on any atom is -0.204 e. The van der Waals surface area contributed by atoms with Gasteiger partial charge in [0.1, 0.15) is 0 Å². The van der Waals surface area contributed by atoms with Gasteiger partial charge in [0, 0.05) is 0 Å². The van der Waals surface area contributed by atoms with E-state index >= 15 is 0 Å². The molecule has 0 spiro atoms. The maximum absolute atomic E-state index is 13.2. The minimum atomic E-state index is -0.749. The van der Waals surface area contributed by atoms with Gasteiger partial charge in [0.05, 0.1) is 0 Å². The average molecular weight is 280 g/mol. The molecule has 0 radical (unpaired) electrons. The minimum absolute atomic E-state index is 0.558. The van der Waals surface area contributed by atoms with Crippen LogP contribution in [0.2, 0.25) is 0 Å². The second-order valence-corrected chi connectivity index (χ2v) is 6.50. The molecule has 0 aliphatic heterocycles. The SMILES string of the molecule is CCCC1CCC(C(C)Cc2ccc(F)c(F)c2)CC1. The fourth-order valence-corrected chi connectivity index (χ4v) is 3.66. The van der Waals surface area contributed by atoms with E-state index in [0.717, 1.165) is 23.8 Å². The summed E-state index contributed by atoms with van der Waals surface area (Å²) in [5.74, 6) is 0.758. The third kappa shape index (κ3) is 4.04. The molecule has 0 bridgehead atoms. The summed E-state index contributed by atoms with van der Waals surface area (Å²) in [7, 11) is 0. The van der Waals surface area contributed by atoms with Gasteiger partial charge >= 0.3 is 0 Å². The van der Waals surface area contributed by atoms with E-state index in [1.165, 1.54) is 50.7 Å². The van der Waals surface area contributed by atoms with Crippen molar-refractivity contribution in [3.8, 4) is 0 Å².